The maximum absolute atomic E-state index is 11.1. The summed E-state index contributed by atoms with van der Waals surface area (Å²) in [5.74, 6) is 0. The van der Waals surface area contributed by atoms with E-state index in [1.807, 2.05) is 0 Å². The van der Waals surface area contributed by atoms with E-state index in [0.29, 0.717) is 10.2 Å². The van der Waals surface area contributed by atoms with Crippen molar-refractivity contribution in [2.24, 2.45) is 0 Å². The first-order valence-corrected chi connectivity index (χ1v) is 7.26. The van der Waals surface area contributed by atoms with Crippen LogP contribution < -0.4 is 4.72 Å². The van der Waals surface area contributed by atoms with Gasteiger partial charge in [-0.05, 0) is 22.0 Å². The van der Waals surface area contributed by atoms with E-state index in [1.165, 1.54) is 12.3 Å². The monoisotopic (exact) mass is 362 g/mol. The zero-order chi connectivity index (χ0) is 10.8. The predicted molar refractivity (Wildman–Crippen MR) is 63.3 cm³/mol. The van der Waals surface area contributed by atoms with Crippen molar-refractivity contribution in [2.75, 3.05) is 9.38 Å². The molecule has 1 heterocycles. The van der Waals surface area contributed by atoms with Gasteiger partial charge in [-0.25, -0.2) is 13.4 Å². The van der Waals surface area contributed by atoms with E-state index in [9.17, 15) is 8.42 Å². The number of hydrogen-bond acceptors (Lipinski definition) is 3. The van der Waals surface area contributed by atoms with Gasteiger partial charge in [0.15, 0.2) is 0 Å². The van der Waals surface area contributed by atoms with E-state index < -0.39 is 10.0 Å². The van der Waals surface area contributed by atoms with Crippen molar-refractivity contribution < 1.29 is 8.42 Å². The molecule has 0 unspecified atom stereocenters. The normalized spacial score (nSPS) is 11.4. The number of halogens is 3. The molecule has 8 heteroatoms. The molecule has 0 saturated heterocycles. The second-order valence-electron chi connectivity index (χ2n) is 2.32. The summed E-state index contributed by atoms with van der Waals surface area (Å²) in [7, 11) is -3.34. The third kappa shape index (κ3) is 3.38. The minimum absolute atomic E-state index is 0.166. The highest BCUT2D eigenvalue weighted by molar-refractivity contribution is 9.11. The second kappa shape index (κ2) is 4.78. The molecular weight excluding hydrogens is 359 g/mol. The number of pyridine rings is 1. The molecule has 14 heavy (non-hydrogen) atoms. The lowest BCUT2D eigenvalue weighted by Crippen LogP contribution is -2.13. The molecule has 4 nitrogen and oxygen atoms in total. The molecule has 0 aliphatic rings. The van der Waals surface area contributed by atoms with Crippen molar-refractivity contribution in [2.45, 2.75) is 0 Å². The SMILES string of the molecule is O=S(=O)(CBr)Nc1cnc(Cl)c(Br)c1. The lowest BCUT2D eigenvalue weighted by atomic mass is 10.4. The fourth-order valence-corrected chi connectivity index (χ4v) is 2.00. The maximum atomic E-state index is 11.1. The van der Waals surface area contributed by atoms with Gasteiger partial charge in [0.2, 0.25) is 10.0 Å². The molecule has 0 aliphatic carbocycles. The minimum Gasteiger partial charge on any atom is -0.281 e. The highest BCUT2D eigenvalue weighted by Crippen LogP contribution is 2.23. The van der Waals surface area contributed by atoms with Crippen LogP contribution in [0.15, 0.2) is 16.7 Å². The van der Waals surface area contributed by atoms with Crippen molar-refractivity contribution in [3.8, 4) is 0 Å². The van der Waals surface area contributed by atoms with E-state index in [1.54, 1.807) is 0 Å². The van der Waals surface area contributed by atoms with E-state index in [-0.39, 0.29) is 9.82 Å². The molecule has 1 N–H and O–H groups in total. The molecule has 0 aliphatic heterocycles. The molecule has 0 aromatic carbocycles. The Hall–Kier alpha value is 0.150. The number of hydrogen-bond donors (Lipinski definition) is 1. The molecule has 0 saturated carbocycles. The molecule has 78 valence electrons. The number of anilines is 1. The van der Waals surface area contributed by atoms with Crippen LogP contribution in [0.4, 0.5) is 5.69 Å². The van der Waals surface area contributed by atoms with Gasteiger partial charge in [-0.1, -0.05) is 27.5 Å². The lowest BCUT2D eigenvalue weighted by molar-refractivity contribution is 0.606. The fraction of sp³-hybridized carbons (Fsp3) is 0.167. The maximum Gasteiger partial charge on any atom is 0.242 e. The number of nitrogens with zero attached hydrogens (tertiary/aromatic N) is 1. The fourth-order valence-electron chi connectivity index (χ4n) is 0.684. The van der Waals surface area contributed by atoms with E-state index in [4.69, 9.17) is 11.6 Å². The summed E-state index contributed by atoms with van der Waals surface area (Å²) in [6.07, 6.45) is 1.34. The van der Waals surface area contributed by atoms with Crippen molar-refractivity contribution in [1.29, 1.82) is 0 Å². The quantitative estimate of drug-likeness (QED) is 0.662. The average Bonchev–Trinajstić information content (AvgIpc) is 2.11. The largest absolute Gasteiger partial charge is 0.281 e. The van der Waals surface area contributed by atoms with Gasteiger partial charge >= 0.3 is 0 Å². The van der Waals surface area contributed by atoms with Gasteiger partial charge in [-0.15, -0.1) is 0 Å². The molecule has 0 radical (unpaired) electrons. The summed E-state index contributed by atoms with van der Waals surface area (Å²) in [4.78, 5) is 3.77. The second-order valence-corrected chi connectivity index (χ2v) is 6.56. The highest BCUT2D eigenvalue weighted by Gasteiger charge is 2.09. The molecule has 0 fully saturated rings. The first-order chi connectivity index (χ1) is 6.44. The number of aromatic nitrogens is 1. The molecule has 0 atom stereocenters. The summed E-state index contributed by atoms with van der Waals surface area (Å²) in [5.41, 5.74) is 0.362. The molecule has 1 aromatic heterocycles. The molecule has 1 aromatic rings. The van der Waals surface area contributed by atoms with Gasteiger partial charge in [0.1, 0.15) is 9.82 Å². The first-order valence-electron chi connectivity index (χ1n) is 3.32. The Morgan fingerprint density at radius 3 is 2.71 bits per heavy atom. The van der Waals surface area contributed by atoms with Gasteiger partial charge in [-0.3, -0.25) is 4.72 Å². The van der Waals surface area contributed by atoms with Crippen LogP contribution >= 0.6 is 43.5 Å². The van der Waals surface area contributed by atoms with Gasteiger partial charge in [0, 0.05) is 0 Å². The zero-order valence-corrected chi connectivity index (χ0v) is 11.4. The first kappa shape index (κ1) is 12.2. The van der Waals surface area contributed by atoms with Crippen LogP contribution in [0.1, 0.15) is 0 Å². The third-order valence-corrected chi connectivity index (χ3v) is 4.99. The summed E-state index contributed by atoms with van der Waals surface area (Å²) >= 11 is 11.6. The minimum atomic E-state index is -3.34. The van der Waals surface area contributed by atoms with Crippen LogP contribution in [-0.4, -0.2) is 18.1 Å². The number of nitrogens with one attached hydrogen (secondary N) is 1. The standard InChI is InChI=1S/C6H5Br2ClN2O2S/c7-3-14(12,13)11-4-1-5(8)6(9)10-2-4/h1-2,11H,3H2. The zero-order valence-electron chi connectivity index (χ0n) is 6.67. The molecule has 0 spiro atoms. The smallest absolute Gasteiger partial charge is 0.242 e. The van der Waals surface area contributed by atoms with Crippen LogP contribution in [-0.2, 0) is 10.0 Å². The van der Waals surface area contributed by atoms with Crippen molar-refractivity contribution in [1.82, 2.24) is 4.98 Å². The number of sulfonamides is 1. The number of alkyl halides is 1. The Balaban J connectivity index is 2.94. The Kier molecular flexibility index (Phi) is 4.17. The third-order valence-electron chi connectivity index (χ3n) is 1.21. The Morgan fingerprint density at radius 2 is 2.21 bits per heavy atom. The van der Waals surface area contributed by atoms with Crippen molar-refractivity contribution in [3.63, 3.8) is 0 Å². The van der Waals surface area contributed by atoms with Crippen LogP contribution in [0.2, 0.25) is 5.15 Å². The van der Waals surface area contributed by atoms with Gasteiger partial charge in [-0.2, -0.15) is 0 Å². The Morgan fingerprint density at radius 1 is 1.57 bits per heavy atom. The van der Waals surface area contributed by atoms with Gasteiger partial charge < -0.3 is 0 Å². The molecular formula is C6H5Br2ClN2O2S. The summed E-state index contributed by atoms with van der Waals surface area (Å²) < 4.78 is 24.9. The van der Waals surface area contributed by atoms with Crippen LogP contribution in [0.3, 0.4) is 0 Å². The lowest BCUT2D eigenvalue weighted by Gasteiger charge is -2.05. The number of rotatable bonds is 3. The van der Waals surface area contributed by atoms with E-state index >= 15 is 0 Å². The topological polar surface area (TPSA) is 59.1 Å². The average molecular weight is 364 g/mol. The summed E-state index contributed by atoms with van der Waals surface area (Å²) in [6.45, 7) is 0. The van der Waals surface area contributed by atoms with E-state index in [2.05, 4.69) is 41.6 Å². The molecule has 1 rings (SSSR count). The van der Waals surface area contributed by atoms with Crippen LogP contribution in [0.5, 0.6) is 0 Å². The predicted octanol–water partition coefficient (Wildman–Crippen LogP) is 2.59. The highest BCUT2D eigenvalue weighted by atomic mass is 79.9. The molecule has 0 bridgehead atoms. The van der Waals surface area contributed by atoms with E-state index in [0.717, 1.165) is 0 Å². The van der Waals surface area contributed by atoms with Crippen LogP contribution in [0.25, 0.3) is 0 Å². The van der Waals surface area contributed by atoms with Crippen molar-refractivity contribution >= 4 is 59.2 Å². The molecule has 0 amide bonds. The van der Waals surface area contributed by atoms with Crippen LogP contribution in [0, 0.1) is 0 Å². The van der Waals surface area contributed by atoms with Gasteiger partial charge in [0.25, 0.3) is 0 Å². The Bertz CT molecular complexity index is 437. The summed E-state index contributed by atoms with van der Waals surface area (Å²) in [5, 5.41) is 0.284. The van der Waals surface area contributed by atoms with Gasteiger partial charge in [0.05, 0.1) is 16.4 Å². The Labute approximate surface area is 103 Å². The van der Waals surface area contributed by atoms with Crippen molar-refractivity contribution in [3.05, 3.63) is 21.9 Å². The summed E-state index contributed by atoms with van der Waals surface area (Å²) in [6, 6.07) is 1.54.